The van der Waals surface area contributed by atoms with Crippen molar-refractivity contribution in [2.45, 2.75) is 44.7 Å². The van der Waals surface area contributed by atoms with Gasteiger partial charge in [0, 0.05) is 39.4 Å². The number of hydrogen-bond donors (Lipinski definition) is 1. The lowest BCUT2D eigenvalue weighted by atomic mass is 9.95. The Hall–Kier alpha value is -0.160. The fraction of sp³-hybridized carbons (Fsp3) is 1.00. The zero-order chi connectivity index (χ0) is 13.4. The van der Waals surface area contributed by atoms with Crippen molar-refractivity contribution in [3.8, 4) is 0 Å². The van der Waals surface area contributed by atoms with E-state index in [1.165, 1.54) is 25.7 Å². The van der Waals surface area contributed by atoms with E-state index in [0.29, 0.717) is 12.1 Å². The fourth-order valence-corrected chi connectivity index (χ4v) is 3.19. The molecule has 4 heteroatoms. The standard InChI is InChI=1S/C14H30N2O2/c1-12(11-18-3)16(8-9-17-2)14(10-15)13-6-4-5-7-13/h12-14H,4-11,15H2,1-3H3. The minimum atomic E-state index is 0.402. The van der Waals surface area contributed by atoms with Gasteiger partial charge < -0.3 is 15.2 Å². The summed E-state index contributed by atoms with van der Waals surface area (Å²) in [6.45, 7) is 5.42. The topological polar surface area (TPSA) is 47.7 Å². The maximum absolute atomic E-state index is 6.04. The van der Waals surface area contributed by atoms with Crippen LogP contribution in [0, 0.1) is 5.92 Å². The van der Waals surface area contributed by atoms with Gasteiger partial charge in [-0.3, -0.25) is 4.90 Å². The molecule has 0 spiro atoms. The van der Waals surface area contributed by atoms with E-state index in [2.05, 4.69) is 11.8 Å². The van der Waals surface area contributed by atoms with Crippen LogP contribution in [0.1, 0.15) is 32.6 Å². The van der Waals surface area contributed by atoms with E-state index >= 15 is 0 Å². The first kappa shape index (κ1) is 15.9. The molecule has 0 aliphatic heterocycles. The van der Waals surface area contributed by atoms with Crippen molar-refractivity contribution >= 4 is 0 Å². The second kappa shape index (κ2) is 8.86. The summed E-state index contributed by atoms with van der Waals surface area (Å²) in [5.74, 6) is 0.756. The first-order valence-electron chi connectivity index (χ1n) is 7.18. The molecule has 0 aromatic heterocycles. The van der Waals surface area contributed by atoms with Crippen molar-refractivity contribution < 1.29 is 9.47 Å². The van der Waals surface area contributed by atoms with Gasteiger partial charge in [-0.25, -0.2) is 0 Å². The maximum Gasteiger partial charge on any atom is 0.0615 e. The number of nitrogens with zero attached hydrogens (tertiary/aromatic N) is 1. The average Bonchev–Trinajstić information content (AvgIpc) is 2.88. The summed E-state index contributed by atoms with van der Waals surface area (Å²) in [6, 6.07) is 0.882. The Morgan fingerprint density at radius 2 is 1.89 bits per heavy atom. The summed E-state index contributed by atoms with van der Waals surface area (Å²) in [5.41, 5.74) is 6.04. The molecule has 0 saturated heterocycles. The van der Waals surface area contributed by atoms with Gasteiger partial charge in [0.2, 0.25) is 0 Å². The Morgan fingerprint density at radius 3 is 2.39 bits per heavy atom. The molecule has 0 bridgehead atoms. The molecule has 0 radical (unpaired) electrons. The number of methoxy groups -OCH3 is 2. The molecule has 1 saturated carbocycles. The van der Waals surface area contributed by atoms with Crippen molar-refractivity contribution in [2.75, 3.05) is 40.5 Å². The molecule has 1 aliphatic rings. The summed E-state index contributed by atoms with van der Waals surface area (Å²) in [5, 5.41) is 0. The van der Waals surface area contributed by atoms with Gasteiger partial charge in [0.05, 0.1) is 13.2 Å². The number of rotatable bonds is 9. The van der Waals surface area contributed by atoms with Gasteiger partial charge >= 0.3 is 0 Å². The molecule has 0 heterocycles. The normalized spacial score (nSPS) is 20.5. The number of nitrogens with two attached hydrogens (primary N) is 1. The second-order valence-corrected chi connectivity index (χ2v) is 5.38. The van der Waals surface area contributed by atoms with Crippen LogP contribution in [-0.4, -0.2) is 57.5 Å². The van der Waals surface area contributed by atoms with Gasteiger partial charge in [0.1, 0.15) is 0 Å². The molecular weight excluding hydrogens is 228 g/mol. The predicted molar refractivity (Wildman–Crippen MR) is 74.7 cm³/mol. The minimum Gasteiger partial charge on any atom is -0.383 e. The van der Waals surface area contributed by atoms with Crippen LogP contribution < -0.4 is 5.73 Å². The summed E-state index contributed by atoms with van der Waals surface area (Å²) >= 11 is 0. The van der Waals surface area contributed by atoms with E-state index < -0.39 is 0 Å². The van der Waals surface area contributed by atoms with E-state index in [4.69, 9.17) is 15.2 Å². The van der Waals surface area contributed by atoms with Crippen molar-refractivity contribution in [1.82, 2.24) is 4.90 Å². The zero-order valence-electron chi connectivity index (χ0n) is 12.2. The van der Waals surface area contributed by atoms with Crippen LogP contribution in [0.15, 0.2) is 0 Å². The van der Waals surface area contributed by atoms with Gasteiger partial charge in [-0.1, -0.05) is 12.8 Å². The van der Waals surface area contributed by atoms with Crippen LogP contribution in [0.3, 0.4) is 0 Å². The Labute approximate surface area is 112 Å². The third-order valence-electron chi connectivity index (χ3n) is 4.14. The number of ether oxygens (including phenoxy) is 2. The molecule has 0 aromatic carbocycles. The quantitative estimate of drug-likeness (QED) is 0.680. The average molecular weight is 258 g/mol. The Balaban J connectivity index is 2.63. The van der Waals surface area contributed by atoms with Gasteiger partial charge in [0.15, 0.2) is 0 Å². The summed E-state index contributed by atoms with van der Waals surface area (Å²) in [7, 11) is 3.52. The van der Waals surface area contributed by atoms with E-state index in [0.717, 1.165) is 32.2 Å². The van der Waals surface area contributed by atoms with Gasteiger partial charge in [-0.05, 0) is 25.7 Å². The maximum atomic E-state index is 6.04. The smallest absolute Gasteiger partial charge is 0.0615 e. The third-order valence-corrected chi connectivity index (χ3v) is 4.14. The highest BCUT2D eigenvalue weighted by molar-refractivity contribution is 4.86. The summed E-state index contributed by atoms with van der Waals surface area (Å²) in [6.07, 6.45) is 5.37. The summed E-state index contributed by atoms with van der Waals surface area (Å²) < 4.78 is 10.5. The molecule has 108 valence electrons. The lowest BCUT2D eigenvalue weighted by molar-refractivity contribution is 0.0311. The molecule has 1 rings (SSSR count). The van der Waals surface area contributed by atoms with Crippen molar-refractivity contribution in [3.05, 3.63) is 0 Å². The first-order chi connectivity index (χ1) is 8.74. The van der Waals surface area contributed by atoms with Gasteiger partial charge in [-0.2, -0.15) is 0 Å². The molecule has 4 nitrogen and oxygen atoms in total. The predicted octanol–water partition coefficient (Wildman–Crippen LogP) is 1.49. The lowest BCUT2D eigenvalue weighted by Gasteiger charge is -2.38. The van der Waals surface area contributed by atoms with Crippen LogP contribution in [0.2, 0.25) is 0 Å². The van der Waals surface area contributed by atoms with Gasteiger partial charge in [0.25, 0.3) is 0 Å². The first-order valence-corrected chi connectivity index (χ1v) is 7.18. The highest BCUT2D eigenvalue weighted by Gasteiger charge is 2.31. The highest BCUT2D eigenvalue weighted by atomic mass is 16.5. The highest BCUT2D eigenvalue weighted by Crippen LogP contribution is 2.30. The summed E-state index contributed by atoms with van der Waals surface area (Å²) in [4.78, 5) is 2.49. The molecule has 1 fully saturated rings. The monoisotopic (exact) mass is 258 g/mol. The van der Waals surface area contributed by atoms with Crippen LogP contribution in [0.25, 0.3) is 0 Å². The molecule has 2 unspecified atom stereocenters. The Bertz CT molecular complexity index is 208. The molecular formula is C14H30N2O2. The molecule has 0 amide bonds. The fourth-order valence-electron chi connectivity index (χ4n) is 3.19. The molecule has 1 aliphatic carbocycles. The van der Waals surface area contributed by atoms with E-state index in [9.17, 15) is 0 Å². The Morgan fingerprint density at radius 1 is 1.22 bits per heavy atom. The van der Waals surface area contributed by atoms with E-state index in [-0.39, 0.29) is 0 Å². The van der Waals surface area contributed by atoms with Crippen molar-refractivity contribution in [2.24, 2.45) is 11.7 Å². The molecule has 18 heavy (non-hydrogen) atoms. The molecule has 0 aromatic rings. The zero-order valence-corrected chi connectivity index (χ0v) is 12.2. The largest absolute Gasteiger partial charge is 0.383 e. The van der Waals surface area contributed by atoms with Crippen molar-refractivity contribution in [3.63, 3.8) is 0 Å². The second-order valence-electron chi connectivity index (χ2n) is 5.38. The molecule has 2 atom stereocenters. The minimum absolute atomic E-state index is 0.402. The van der Waals surface area contributed by atoms with Gasteiger partial charge in [-0.15, -0.1) is 0 Å². The van der Waals surface area contributed by atoms with E-state index in [1.807, 2.05) is 0 Å². The van der Waals surface area contributed by atoms with Crippen LogP contribution in [-0.2, 0) is 9.47 Å². The molecule has 2 N–H and O–H groups in total. The third kappa shape index (κ3) is 4.50. The van der Waals surface area contributed by atoms with Crippen LogP contribution in [0.5, 0.6) is 0 Å². The Kier molecular flexibility index (Phi) is 7.82. The SMILES string of the molecule is COCCN(C(C)COC)C(CN)C1CCCC1. The van der Waals surface area contributed by atoms with Crippen molar-refractivity contribution in [1.29, 1.82) is 0 Å². The van der Waals surface area contributed by atoms with Crippen LogP contribution in [0.4, 0.5) is 0 Å². The lowest BCUT2D eigenvalue weighted by Crippen LogP contribution is -2.51. The van der Waals surface area contributed by atoms with E-state index in [1.54, 1.807) is 14.2 Å². The van der Waals surface area contributed by atoms with Crippen LogP contribution >= 0.6 is 0 Å². The number of hydrogen-bond acceptors (Lipinski definition) is 4.